The first-order valence-corrected chi connectivity index (χ1v) is 9.19. The Balaban J connectivity index is 1.53. The van der Waals surface area contributed by atoms with Gasteiger partial charge in [-0.15, -0.1) is 5.10 Å². The zero-order valence-corrected chi connectivity index (χ0v) is 16.1. The molecule has 0 spiro atoms. The second-order valence-corrected chi connectivity index (χ2v) is 7.22. The number of benzene rings is 2. The van der Waals surface area contributed by atoms with Crippen LogP contribution in [-0.4, -0.2) is 26.6 Å². The van der Waals surface area contributed by atoms with E-state index in [9.17, 15) is 9.59 Å². The van der Waals surface area contributed by atoms with E-state index < -0.39 is 6.04 Å². The predicted octanol–water partition coefficient (Wildman–Crippen LogP) is 3.74. The maximum Gasteiger partial charge on any atom is 0.252 e. The number of fused-ring (bicyclic) bond motifs is 1. The Kier molecular flexibility index (Phi) is 4.60. The number of anilines is 2. The zero-order valence-electron chi connectivity index (χ0n) is 15.4. The third-order valence-corrected chi connectivity index (χ3v) is 4.86. The fraction of sp³-hybridized carbons (Fsp3) is 0.200. The molecule has 8 heteroatoms. The summed E-state index contributed by atoms with van der Waals surface area (Å²) in [6.07, 6.45) is -0.0541. The SMILES string of the molecule is Cc1ccc(-c2nc3n(n2)[C@@H](CC(=O)Nc2cc(Cl)ccc2C)C(=O)N3)cc1. The highest BCUT2D eigenvalue weighted by atomic mass is 35.5. The number of halogens is 1. The molecule has 0 aliphatic carbocycles. The topological polar surface area (TPSA) is 88.9 Å². The molecule has 0 bridgehead atoms. The molecule has 1 atom stereocenters. The smallest absolute Gasteiger partial charge is 0.252 e. The van der Waals surface area contributed by atoms with E-state index in [1.165, 1.54) is 4.68 Å². The molecule has 7 nitrogen and oxygen atoms in total. The Morgan fingerprint density at radius 3 is 2.71 bits per heavy atom. The fourth-order valence-corrected chi connectivity index (χ4v) is 3.21. The molecule has 0 unspecified atom stereocenters. The summed E-state index contributed by atoms with van der Waals surface area (Å²) in [4.78, 5) is 29.2. The van der Waals surface area contributed by atoms with Gasteiger partial charge in [0.15, 0.2) is 5.82 Å². The van der Waals surface area contributed by atoms with E-state index in [-0.39, 0.29) is 18.2 Å². The van der Waals surface area contributed by atoms with Crippen molar-refractivity contribution >= 4 is 35.1 Å². The van der Waals surface area contributed by atoms with Gasteiger partial charge in [-0.25, -0.2) is 4.68 Å². The van der Waals surface area contributed by atoms with Gasteiger partial charge in [0.25, 0.3) is 5.91 Å². The standard InChI is InChI=1S/C20H18ClN5O2/c1-11-3-6-13(7-4-11)18-23-20-24-19(28)16(26(20)25-18)10-17(27)22-15-9-14(21)8-5-12(15)2/h3-9,16H,10H2,1-2H3,(H,22,27)(H,23,24,25,28)/t16-/m0/s1. The summed E-state index contributed by atoms with van der Waals surface area (Å²) in [5.41, 5.74) is 3.49. The van der Waals surface area contributed by atoms with Crippen LogP contribution >= 0.6 is 11.6 Å². The highest BCUT2D eigenvalue weighted by Crippen LogP contribution is 2.29. The van der Waals surface area contributed by atoms with Gasteiger partial charge in [-0.3, -0.25) is 14.9 Å². The van der Waals surface area contributed by atoms with Gasteiger partial charge in [0, 0.05) is 16.3 Å². The summed E-state index contributed by atoms with van der Waals surface area (Å²) in [5.74, 6) is 0.248. The third-order valence-electron chi connectivity index (χ3n) is 4.63. The minimum Gasteiger partial charge on any atom is -0.326 e. The van der Waals surface area contributed by atoms with Crippen LogP contribution in [0.2, 0.25) is 5.02 Å². The molecule has 0 fully saturated rings. The lowest BCUT2D eigenvalue weighted by atomic mass is 10.1. The third kappa shape index (κ3) is 3.48. The van der Waals surface area contributed by atoms with Crippen molar-refractivity contribution in [1.82, 2.24) is 14.8 Å². The molecule has 2 aromatic carbocycles. The molecule has 0 saturated carbocycles. The molecule has 28 heavy (non-hydrogen) atoms. The molecule has 0 radical (unpaired) electrons. The number of aryl methyl sites for hydroxylation is 2. The van der Waals surface area contributed by atoms with Crippen molar-refractivity contribution in [3.8, 4) is 11.4 Å². The average Bonchev–Trinajstić information content (AvgIpc) is 3.18. The molecule has 2 heterocycles. The van der Waals surface area contributed by atoms with Crippen LogP contribution in [0.25, 0.3) is 11.4 Å². The highest BCUT2D eigenvalue weighted by molar-refractivity contribution is 6.31. The molecular weight excluding hydrogens is 378 g/mol. The van der Waals surface area contributed by atoms with Crippen molar-refractivity contribution in [2.24, 2.45) is 0 Å². The summed E-state index contributed by atoms with van der Waals surface area (Å²) < 4.78 is 1.47. The molecule has 0 saturated heterocycles. The van der Waals surface area contributed by atoms with Crippen LogP contribution in [0.1, 0.15) is 23.6 Å². The van der Waals surface area contributed by atoms with Crippen molar-refractivity contribution in [2.45, 2.75) is 26.3 Å². The first kappa shape index (κ1) is 18.2. The minimum absolute atomic E-state index is 0.0541. The zero-order chi connectivity index (χ0) is 19.8. The number of hydrogen-bond donors (Lipinski definition) is 2. The van der Waals surface area contributed by atoms with Crippen molar-refractivity contribution in [3.05, 3.63) is 58.6 Å². The lowest BCUT2D eigenvalue weighted by molar-refractivity contribution is -0.123. The molecule has 3 aromatic rings. The van der Waals surface area contributed by atoms with E-state index in [0.29, 0.717) is 22.5 Å². The number of carbonyl (C=O) groups excluding carboxylic acids is 2. The molecule has 1 aliphatic heterocycles. The van der Waals surface area contributed by atoms with Crippen molar-refractivity contribution in [3.63, 3.8) is 0 Å². The van der Waals surface area contributed by atoms with E-state index >= 15 is 0 Å². The Labute approximate surface area is 166 Å². The summed E-state index contributed by atoms with van der Waals surface area (Å²) in [7, 11) is 0. The second kappa shape index (κ2) is 7.09. The van der Waals surface area contributed by atoms with Gasteiger partial charge < -0.3 is 5.32 Å². The number of aromatic nitrogens is 3. The first-order valence-electron chi connectivity index (χ1n) is 8.81. The second-order valence-electron chi connectivity index (χ2n) is 6.79. The summed E-state index contributed by atoms with van der Waals surface area (Å²) in [5, 5.41) is 10.5. The molecule has 1 aliphatic rings. The van der Waals surface area contributed by atoms with E-state index in [1.807, 2.05) is 44.2 Å². The van der Waals surface area contributed by atoms with Crippen LogP contribution in [0.15, 0.2) is 42.5 Å². The highest BCUT2D eigenvalue weighted by Gasteiger charge is 2.35. The maximum atomic E-state index is 12.5. The molecule has 2 amide bonds. The number of rotatable bonds is 4. The molecule has 142 valence electrons. The molecule has 2 N–H and O–H groups in total. The minimum atomic E-state index is -0.749. The first-order chi connectivity index (χ1) is 13.4. The van der Waals surface area contributed by atoms with Gasteiger partial charge in [0.05, 0.1) is 6.42 Å². The van der Waals surface area contributed by atoms with Crippen molar-refractivity contribution < 1.29 is 9.59 Å². The van der Waals surface area contributed by atoms with Crippen LogP contribution in [0.5, 0.6) is 0 Å². The van der Waals surface area contributed by atoms with Crippen LogP contribution in [0, 0.1) is 13.8 Å². The van der Waals surface area contributed by atoms with Gasteiger partial charge >= 0.3 is 0 Å². The average molecular weight is 396 g/mol. The monoisotopic (exact) mass is 395 g/mol. The normalized spacial score (nSPS) is 15.2. The Hall–Kier alpha value is -3.19. The van der Waals surface area contributed by atoms with Crippen molar-refractivity contribution in [1.29, 1.82) is 0 Å². The van der Waals surface area contributed by atoms with Crippen LogP contribution in [-0.2, 0) is 9.59 Å². The molecular formula is C20H18ClN5O2. The maximum absolute atomic E-state index is 12.5. The molecule has 1 aromatic heterocycles. The fourth-order valence-electron chi connectivity index (χ4n) is 3.04. The van der Waals surface area contributed by atoms with Crippen LogP contribution in [0.4, 0.5) is 11.6 Å². The lowest BCUT2D eigenvalue weighted by Gasteiger charge is -2.11. The summed E-state index contributed by atoms with van der Waals surface area (Å²) in [6, 6.07) is 12.3. The largest absolute Gasteiger partial charge is 0.326 e. The quantitative estimate of drug-likeness (QED) is 0.704. The van der Waals surface area contributed by atoms with Crippen LogP contribution in [0.3, 0.4) is 0 Å². The van der Waals surface area contributed by atoms with E-state index in [2.05, 4.69) is 20.7 Å². The van der Waals surface area contributed by atoms with Crippen LogP contribution < -0.4 is 10.6 Å². The number of carbonyl (C=O) groups is 2. The Bertz CT molecular complexity index is 1070. The lowest BCUT2D eigenvalue weighted by Crippen LogP contribution is -2.24. The predicted molar refractivity (Wildman–Crippen MR) is 107 cm³/mol. The molecule has 4 rings (SSSR count). The van der Waals surface area contributed by atoms with E-state index in [1.54, 1.807) is 12.1 Å². The number of nitrogens with one attached hydrogen (secondary N) is 2. The van der Waals surface area contributed by atoms with Crippen molar-refractivity contribution in [2.75, 3.05) is 10.6 Å². The van der Waals surface area contributed by atoms with Gasteiger partial charge in [0.2, 0.25) is 11.9 Å². The Morgan fingerprint density at radius 2 is 1.96 bits per heavy atom. The Morgan fingerprint density at radius 1 is 1.21 bits per heavy atom. The van der Waals surface area contributed by atoms with Gasteiger partial charge in [0.1, 0.15) is 6.04 Å². The van der Waals surface area contributed by atoms with Gasteiger partial charge in [-0.1, -0.05) is 47.5 Å². The van der Waals surface area contributed by atoms with Gasteiger partial charge in [-0.2, -0.15) is 4.98 Å². The van der Waals surface area contributed by atoms with E-state index in [0.717, 1.165) is 16.7 Å². The number of amides is 2. The van der Waals surface area contributed by atoms with Gasteiger partial charge in [-0.05, 0) is 31.5 Å². The van der Waals surface area contributed by atoms with E-state index in [4.69, 9.17) is 11.6 Å². The summed E-state index contributed by atoms with van der Waals surface area (Å²) >= 11 is 5.99. The number of nitrogens with zero attached hydrogens (tertiary/aromatic N) is 3. The summed E-state index contributed by atoms with van der Waals surface area (Å²) in [6.45, 7) is 3.87. The number of hydrogen-bond acceptors (Lipinski definition) is 4.